The summed E-state index contributed by atoms with van der Waals surface area (Å²) in [6, 6.07) is 9.47. The maximum Gasteiger partial charge on any atom is 0.265 e. The van der Waals surface area contributed by atoms with Crippen LogP contribution in [0.15, 0.2) is 46.2 Å². The van der Waals surface area contributed by atoms with Crippen LogP contribution in [0.3, 0.4) is 0 Å². The lowest BCUT2D eigenvalue weighted by molar-refractivity contribution is 0.399. The van der Waals surface area contributed by atoms with E-state index >= 15 is 0 Å². The first kappa shape index (κ1) is 16.9. The van der Waals surface area contributed by atoms with Crippen molar-refractivity contribution >= 4 is 30.2 Å². The number of aromatic hydroxyl groups is 1. The van der Waals surface area contributed by atoms with E-state index in [-0.39, 0.29) is 17.0 Å². The van der Waals surface area contributed by atoms with Crippen molar-refractivity contribution in [2.45, 2.75) is 26.9 Å². The summed E-state index contributed by atoms with van der Waals surface area (Å²) < 4.78 is 3.33. The molecule has 120 valence electrons. The van der Waals surface area contributed by atoms with Gasteiger partial charge in [0.25, 0.3) is 5.56 Å². The van der Waals surface area contributed by atoms with Crippen molar-refractivity contribution < 1.29 is 5.11 Å². The van der Waals surface area contributed by atoms with Gasteiger partial charge >= 0.3 is 0 Å². The van der Waals surface area contributed by atoms with Crippen LogP contribution in [-0.4, -0.2) is 20.5 Å². The van der Waals surface area contributed by atoms with Crippen LogP contribution in [0.5, 0.6) is 5.88 Å². The molecule has 0 fully saturated rings. The van der Waals surface area contributed by atoms with Crippen molar-refractivity contribution in [1.29, 1.82) is 0 Å². The van der Waals surface area contributed by atoms with Crippen LogP contribution < -0.4 is 5.56 Å². The van der Waals surface area contributed by atoms with Gasteiger partial charge in [-0.1, -0.05) is 18.2 Å². The zero-order valence-electron chi connectivity index (χ0n) is 13.1. The topological polar surface area (TPSA) is 59.5 Å². The molecule has 0 spiro atoms. The molecule has 0 radical (unpaired) electrons. The van der Waals surface area contributed by atoms with E-state index in [0.717, 1.165) is 5.69 Å². The molecule has 23 heavy (non-hydrogen) atoms. The van der Waals surface area contributed by atoms with Crippen molar-refractivity contribution in [2.24, 2.45) is 4.99 Å². The molecule has 1 N–H and O–H groups in total. The standard InChI is InChI=1S/C17H19N3O2S/c1-3-19-15(21)14(16(22)20(4-2)17(19)23)11-8-12-18-13-9-6-5-7-10-13/h5-12,21H,3-4H2,1-2H3. The predicted octanol–water partition coefficient (Wildman–Crippen LogP) is 3.54. The van der Waals surface area contributed by atoms with E-state index in [1.165, 1.54) is 9.13 Å². The molecule has 0 saturated carbocycles. The van der Waals surface area contributed by atoms with Crippen LogP contribution in [0.4, 0.5) is 5.69 Å². The number of aliphatic imine (C=N–C) groups is 1. The summed E-state index contributed by atoms with van der Waals surface area (Å²) in [5.74, 6) is -0.114. The Morgan fingerprint density at radius 3 is 2.43 bits per heavy atom. The second-order valence-corrected chi connectivity index (χ2v) is 5.15. The maximum absolute atomic E-state index is 12.4. The molecule has 5 nitrogen and oxygen atoms in total. The van der Waals surface area contributed by atoms with Gasteiger partial charge in [0.05, 0.1) is 5.69 Å². The first-order chi connectivity index (χ1) is 11.1. The molecule has 0 bridgehead atoms. The highest BCUT2D eigenvalue weighted by molar-refractivity contribution is 7.71. The Morgan fingerprint density at radius 2 is 1.83 bits per heavy atom. The van der Waals surface area contributed by atoms with Gasteiger partial charge < -0.3 is 5.11 Å². The third kappa shape index (κ3) is 3.65. The fourth-order valence-corrected chi connectivity index (χ4v) is 2.63. The molecule has 0 aliphatic carbocycles. The first-order valence-electron chi connectivity index (χ1n) is 7.42. The highest BCUT2D eigenvalue weighted by Crippen LogP contribution is 2.16. The highest BCUT2D eigenvalue weighted by Gasteiger charge is 2.12. The molecule has 0 aliphatic rings. The van der Waals surface area contributed by atoms with Crippen molar-refractivity contribution in [3.8, 4) is 5.88 Å². The number of nitrogens with zero attached hydrogens (tertiary/aromatic N) is 3. The minimum absolute atomic E-state index is 0.114. The van der Waals surface area contributed by atoms with E-state index in [9.17, 15) is 9.90 Å². The van der Waals surface area contributed by atoms with E-state index in [1.54, 1.807) is 18.4 Å². The molecular formula is C17H19N3O2S. The molecule has 0 saturated heterocycles. The van der Waals surface area contributed by atoms with Crippen molar-refractivity contribution in [2.75, 3.05) is 0 Å². The number of para-hydroxylation sites is 1. The number of allylic oxidation sites excluding steroid dienone is 1. The molecule has 1 aromatic heterocycles. The number of hydrogen-bond acceptors (Lipinski definition) is 4. The molecule has 6 heteroatoms. The van der Waals surface area contributed by atoms with Gasteiger partial charge in [-0.3, -0.25) is 18.9 Å². The van der Waals surface area contributed by atoms with E-state index in [2.05, 4.69) is 4.99 Å². The third-order valence-electron chi connectivity index (χ3n) is 3.40. The monoisotopic (exact) mass is 329 g/mol. The summed E-state index contributed by atoms with van der Waals surface area (Å²) in [4.78, 5) is 16.7. The smallest absolute Gasteiger partial charge is 0.265 e. The molecule has 0 atom stereocenters. The Kier molecular flexibility index (Phi) is 5.65. The average molecular weight is 329 g/mol. The van der Waals surface area contributed by atoms with Crippen LogP contribution in [0.2, 0.25) is 0 Å². The lowest BCUT2D eigenvalue weighted by atomic mass is 10.2. The average Bonchev–Trinajstić information content (AvgIpc) is 2.56. The fourth-order valence-electron chi connectivity index (χ4n) is 2.20. The van der Waals surface area contributed by atoms with Crippen LogP contribution in [0, 0.1) is 4.77 Å². The van der Waals surface area contributed by atoms with Crippen LogP contribution in [-0.2, 0) is 13.1 Å². The van der Waals surface area contributed by atoms with Crippen LogP contribution >= 0.6 is 12.2 Å². The van der Waals surface area contributed by atoms with Crippen LogP contribution in [0.1, 0.15) is 19.4 Å². The number of hydrogen-bond donors (Lipinski definition) is 1. The summed E-state index contributed by atoms with van der Waals surface area (Å²) in [7, 11) is 0. The lowest BCUT2D eigenvalue weighted by Crippen LogP contribution is -2.26. The van der Waals surface area contributed by atoms with Gasteiger partial charge in [0.2, 0.25) is 5.88 Å². The zero-order valence-corrected chi connectivity index (χ0v) is 14.0. The van der Waals surface area contributed by atoms with E-state index < -0.39 is 0 Å². The van der Waals surface area contributed by atoms with E-state index in [1.807, 2.05) is 44.2 Å². The number of benzene rings is 1. The molecule has 1 aromatic carbocycles. The predicted molar refractivity (Wildman–Crippen MR) is 96.2 cm³/mol. The zero-order chi connectivity index (χ0) is 16.8. The van der Waals surface area contributed by atoms with Gasteiger partial charge in [-0.2, -0.15) is 0 Å². The quantitative estimate of drug-likeness (QED) is 0.674. The molecular weight excluding hydrogens is 310 g/mol. The van der Waals surface area contributed by atoms with Crippen molar-refractivity contribution in [3.63, 3.8) is 0 Å². The molecule has 0 aliphatic heterocycles. The fraction of sp³-hybridized carbons (Fsp3) is 0.235. The molecule has 0 unspecified atom stereocenters. The minimum atomic E-state index is -0.302. The van der Waals surface area contributed by atoms with Gasteiger partial charge in [0, 0.05) is 19.3 Å². The highest BCUT2D eigenvalue weighted by atomic mass is 32.1. The lowest BCUT2D eigenvalue weighted by Gasteiger charge is -2.13. The maximum atomic E-state index is 12.4. The Bertz CT molecular complexity index is 849. The minimum Gasteiger partial charge on any atom is -0.494 e. The molecule has 2 rings (SSSR count). The number of rotatable bonds is 5. The number of aromatic nitrogens is 2. The summed E-state index contributed by atoms with van der Waals surface area (Å²) >= 11 is 5.24. The Morgan fingerprint density at radius 1 is 1.17 bits per heavy atom. The second kappa shape index (κ2) is 7.69. The van der Waals surface area contributed by atoms with Gasteiger partial charge in [-0.25, -0.2) is 0 Å². The SMILES string of the molecule is CCn1c(O)c(C=CC=Nc2ccccc2)c(=O)n(CC)c1=S. The summed E-state index contributed by atoms with van der Waals surface area (Å²) in [6.45, 7) is 4.66. The molecule has 2 aromatic rings. The molecule has 0 amide bonds. The van der Waals surface area contributed by atoms with Gasteiger partial charge in [0.15, 0.2) is 4.77 Å². The molecule has 1 heterocycles. The van der Waals surface area contributed by atoms with Gasteiger partial charge in [-0.15, -0.1) is 0 Å². The normalized spacial score (nSPS) is 11.6. The second-order valence-electron chi connectivity index (χ2n) is 4.79. The van der Waals surface area contributed by atoms with E-state index in [0.29, 0.717) is 17.9 Å². The van der Waals surface area contributed by atoms with Gasteiger partial charge in [-0.05, 0) is 50.4 Å². The Labute approximate surface area is 139 Å². The summed E-state index contributed by atoms with van der Waals surface area (Å²) in [5, 5.41) is 10.3. The third-order valence-corrected chi connectivity index (χ3v) is 3.84. The van der Waals surface area contributed by atoms with E-state index in [4.69, 9.17) is 12.2 Å². The summed E-state index contributed by atoms with van der Waals surface area (Å²) in [5.41, 5.74) is 0.725. The van der Waals surface area contributed by atoms with Crippen molar-refractivity contribution in [1.82, 2.24) is 9.13 Å². The van der Waals surface area contributed by atoms with Crippen LogP contribution in [0.25, 0.3) is 6.08 Å². The Hall–Kier alpha value is -2.47. The summed E-state index contributed by atoms with van der Waals surface area (Å²) in [6.07, 6.45) is 4.77. The van der Waals surface area contributed by atoms with Gasteiger partial charge in [0.1, 0.15) is 5.56 Å². The largest absolute Gasteiger partial charge is 0.494 e. The Balaban J connectivity index is 2.40. The first-order valence-corrected chi connectivity index (χ1v) is 7.83. The van der Waals surface area contributed by atoms with Crippen molar-refractivity contribution in [3.05, 3.63) is 57.1 Å².